The van der Waals surface area contributed by atoms with Crippen LogP contribution in [0.2, 0.25) is 0 Å². The van der Waals surface area contributed by atoms with E-state index in [0.29, 0.717) is 0 Å². The van der Waals surface area contributed by atoms with E-state index in [0.717, 1.165) is 6.42 Å². The molecule has 144 valence electrons. The Kier molecular flexibility index (Phi) is 3.42. The molecule has 7 rings (SSSR count). The molecule has 0 saturated carbocycles. The molecular formula is C31H20. The molecule has 0 unspecified atom stereocenters. The van der Waals surface area contributed by atoms with E-state index in [4.69, 9.17) is 0 Å². The molecule has 0 aliphatic heterocycles. The molecule has 4 aromatic rings. The van der Waals surface area contributed by atoms with Crippen molar-refractivity contribution in [3.05, 3.63) is 148 Å². The normalized spacial score (nSPS) is 15.2. The molecule has 0 saturated heterocycles. The fourth-order valence-corrected chi connectivity index (χ4v) is 5.59. The zero-order chi connectivity index (χ0) is 20.4. The minimum atomic E-state index is 1.03. The van der Waals surface area contributed by atoms with Crippen molar-refractivity contribution in [1.82, 2.24) is 0 Å². The molecule has 0 spiro atoms. The average Bonchev–Trinajstić information content (AvgIpc) is 3.52. The second-order valence-electron chi connectivity index (χ2n) is 8.44. The molecule has 0 N–H and O–H groups in total. The van der Waals surface area contributed by atoms with Gasteiger partial charge in [-0.1, -0.05) is 109 Å². The third-order valence-corrected chi connectivity index (χ3v) is 6.83. The first-order chi connectivity index (χ1) is 15.4. The van der Waals surface area contributed by atoms with Crippen molar-refractivity contribution in [2.45, 2.75) is 6.42 Å². The monoisotopic (exact) mass is 392 g/mol. The molecule has 0 fully saturated rings. The van der Waals surface area contributed by atoms with Gasteiger partial charge in [-0.25, -0.2) is 0 Å². The van der Waals surface area contributed by atoms with Crippen LogP contribution in [0, 0.1) is 0 Å². The van der Waals surface area contributed by atoms with E-state index in [1.54, 1.807) is 0 Å². The van der Waals surface area contributed by atoms with Crippen molar-refractivity contribution in [3.63, 3.8) is 0 Å². The zero-order valence-electron chi connectivity index (χ0n) is 17.1. The Balaban J connectivity index is 1.65. The van der Waals surface area contributed by atoms with Crippen LogP contribution in [0.4, 0.5) is 0 Å². The van der Waals surface area contributed by atoms with Crippen molar-refractivity contribution in [2.75, 3.05) is 0 Å². The summed E-state index contributed by atoms with van der Waals surface area (Å²) in [7, 11) is 0. The number of hydrogen-bond acceptors (Lipinski definition) is 0. The minimum absolute atomic E-state index is 1.03. The van der Waals surface area contributed by atoms with Crippen LogP contribution >= 0.6 is 0 Å². The first kappa shape index (κ1) is 16.8. The maximum Gasteiger partial charge on any atom is -0.000741 e. The number of allylic oxidation sites excluding steroid dienone is 3. The van der Waals surface area contributed by atoms with Crippen LogP contribution in [-0.2, 0) is 6.42 Å². The molecule has 3 aliphatic rings. The van der Waals surface area contributed by atoms with Gasteiger partial charge in [0.25, 0.3) is 0 Å². The van der Waals surface area contributed by atoms with Gasteiger partial charge in [0.15, 0.2) is 0 Å². The Morgan fingerprint density at radius 2 is 0.968 bits per heavy atom. The third kappa shape index (κ3) is 2.25. The summed E-state index contributed by atoms with van der Waals surface area (Å²) in [6.07, 6.45) is 5.62. The van der Waals surface area contributed by atoms with Crippen molar-refractivity contribution >= 4 is 28.4 Å². The summed E-state index contributed by atoms with van der Waals surface area (Å²) in [5, 5.41) is 0. The van der Waals surface area contributed by atoms with E-state index in [1.165, 1.54) is 66.8 Å². The predicted octanol–water partition coefficient (Wildman–Crippen LogP) is 7.50. The highest BCUT2D eigenvalue weighted by Gasteiger charge is 2.37. The summed E-state index contributed by atoms with van der Waals surface area (Å²) >= 11 is 0. The molecular weight excluding hydrogens is 372 g/mol. The molecule has 0 bridgehead atoms. The molecule has 3 aliphatic carbocycles. The van der Waals surface area contributed by atoms with Crippen LogP contribution in [-0.4, -0.2) is 0 Å². The van der Waals surface area contributed by atoms with Crippen LogP contribution in [0.15, 0.2) is 103 Å². The van der Waals surface area contributed by atoms with Gasteiger partial charge in [-0.05, 0) is 73.2 Å². The first-order valence-electron chi connectivity index (χ1n) is 10.9. The number of fused-ring (bicyclic) bond motifs is 6. The molecule has 0 atom stereocenters. The van der Waals surface area contributed by atoms with E-state index in [2.05, 4.69) is 109 Å². The van der Waals surface area contributed by atoms with Gasteiger partial charge in [-0.3, -0.25) is 0 Å². The van der Waals surface area contributed by atoms with E-state index in [9.17, 15) is 0 Å². The molecule has 31 heavy (non-hydrogen) atoms. The molecule has 0 amide bonds. The summed E-state index contributed by atoms with van der Waals surface area (Å²) in [5.41, 5.74) is 16.4. The SMILES string of the molecule is C1=Cc2c(cccc2C2=C3C(=C(c4ccccc4)c4ccccc43)c3ccccc32)C1. The van der Waals surface area contributed by atoms with E-state index in [1.807, 2.05) is 0 Å². The lowest BCUT2D eigenvalue weighted by Crippen LogP contribution is -1.95. The van der Waals surface area contributed by atoms with E-state index < -0.39 is 0 Å². The smallest absolute Gasteiger partial charge is 0.000741 e. The predicted molar refractivity (Wildman–Crippen MR) is 130 cm³/mol. The Bertz CT molecular complexity index is 1480. The van der Waals surface area contributed by atoms with Crippen LogP contribution in [0.1, 0.15) is 44.5 Å². The maximum atomic E-state index is 2.31. The highest BCUT2D eigenvalue weighted by molar-refractivity contribution is 6.35. The van der Waals surface area contributed by atoms with Crippen LogP contribution in [0.25, 0.3) is 28.4 Å². The lowest BCUT2D eigenvalue weighted by Gasteiger charge is -2.14. The molecule has 0 aromatic heterocycles. The van der Waals surface area contributed by atoms with Crippen molar-refractivity contribution in [2.24, 2.45) is 0 Å². The van der Waals surface area contributed by atoms with E-state index in [-0.39, 0.29) is 0 Å². The van der Waals surface area contributed by atoms with Crippen molar-refractivity contribution < 1.29 is 0 Å². The highest BCUT2D eigenvalue weighted by Crippen LogP contribution is 2.58. The molecule has 0 heteroatoms. The summed E-state index contributed by atoms with van der Waals surface area (Å²) in [6.45, 7) is 0. The third-order valence-electron chi connectivity index (χ3n) is 6.83. The molecule has 0 radical (unpaired) electrons. The quantitative estimate of drug-likeness (QED) is 0.331. The van der Waals surface area contributed by atoms with Crippen molar-refractivity contribution in [1.29, 1.82) is 0 Å². The summed E-state index contributed by atoms with van der Waals surface area (Å²) in [4.78, 5) is 0. The highest BCUT2D eigenvalue weighted by atomic mass is 14.4. The maximum absolute atomic E-state index is 2.31. The van der Waals surface area contributed by atoms with Gasteiger partial charge in [0.2, 0.25) is 0 Å². The van der Waals surface area contributed by atoms with Gasteiger partial charge in [0.1, 0.15) is 0 Å². The van der Waals surface area contributed by atoms with Gasteiger partial charge in [0.05, 0.1) is 0 Å². The Labute approximate surface area is 182 Å². The molecule has 0 nitrogen and oxygen atoms in total. The Hall–Kier alpha value is -3.90. The number of rotatable bonds is 2. The first-order valence-corrected chi connectivity index (χ1v) is 10.9. The molecule has 0 heterocycles. The summed E-state index contributed by atoms with van der Waals surface area (Å²) in [5.74, 6) is 0. The minimum Gasteiger partial charge on any atom is -0.0795 e. The molecule has 4 aromatic carbocycles. The second kappa shape index (κ2) is 6.30. The van der Waals surface area contributed by atoms with Crippen molar-refractivity contribution in [3.8, 4) is 0 Å². The van der Waals surface area contributed by atoms with Gasteiger partial charge in [-0.15, -0.1) is 0 Å². The van der Waals surface area contributed by atoms with E-state index >= 15 is 0 Å². The zero-order valence-corrected chi connectivity index (χ0v) is 17.1. The van der Waals surface area contributed by atoms with Crippen LogP contribution < -0.4 is 0 Å². The van der Waals surface area contributed by atoms with Gasteiger partial charge < -0.3 is 0 Å². The second-order valence-corrected chi connectivity index (χ2v) is 8.44. The fourth-order valence-electron chi connectivity index (χ4n) is 5.59. The number of hydrogen-bond donors (Lipinski definition) is 0. The Morgan fingerprint density at radius 3 is 1.68 bits per heavy atom. The topological polar surface area (TPSA) is 0 Å². The largest absolute Gasteiger partial charge is 0.0795 e. The lowest BCUT2D eigenvalue weighted by molar-refractivity contribution is 1.30. The van der Waals surface area contributed by atoms with Gasteiger partial charge >= 0.3 is 0 Å². The van der Waals surface area contributed by atoms with Gasteiger partial charge in [0, 0.05) is 0 Å². The summed E-state index contributed by atoms with van der Waals surface area (Å²) < 4.78 is 0. The van der Waals surface area contributed by atoms with Gasteiger partial charge in [-0.2, -0.15) is 0 Å². The standard InChI is InChI=1S/C31H20/c1-2-10-21(11-3-1)28-24-14-4-6-16-26(24)31-29(25-15-5-7-17-27(25)30(28)31)23-19-9-13-20-12-8-18-22(20)23/h1-11,13-19H,12H2. The fraction of sp³-hybridized carbons (Fsp3) is 0.0323. The lowest BCUT2D eigenvalue weighted by atomic mass is 9.89. The van der Waals surface area contributed by atoms with Crippen LogP contribution in [0.5, 0.6) is 0 Å². The Morgan fingerprint density at radius 1 is 0.419 bits per heavy atom. The summed E-state index contributed by atoms with van der Waals surface area (Å²) in [6, 6.07) is 35.5. The van der Waals surface area contributed by atoms with Crippen LogP contribution in [0.3, 0.4) is 0 Å². The average molecular weight is 393 g/mol. The number of benzene rings is 4.